The Morgan fingerprint density at radius 1 is 1.18 bits per heavy atom. The van der Waals surface area contributed by atoms with Crippen LogP contribution in [0, 0.1) is 0 Å². The number of pyridine rings is 1. The number of nitrogens with zero attached hydrogens (tertiary/aromatic N) is 2. The number of hydrogen-bond acceptors (Lipinski definition) is 4. The minimum atomic E-state index is 0.547. The van der Waals surface area contributed by atoms with Gasteiger partial charge in [-0.2, -0.15) is 4.98 Å². The first-order chi connectivity index (χ1) is 8.22. The van der Waals surface area contributed by atoms with Gasteiger partial charge in [0, 0.05) is 28.0 Å². The second-order valence-electron chi connectivity index (χ2n) is 3.62. The first-order valence-electron chi connectivity index (χ1n) is 5.00. The fraction of sp³-hybridized carbons (Fsp3) is 0. The van der Waals surface area contributed by atoms with Gasteiger partial charge < -0.3 is 10.2 Å². The molecule has 0 amide bonds. The van der Waals surface area contributed by atoms with Crippen LogP contribution in [0.15, 0.2) is 45.4 Å². The Balaban J connectivity index is 2.14. The molecule has 0 bridgehead atoms. The van der Waals surface area contributed by atoms with Crippen LogP contribution in [0.3, 0.4) is 0 Å². The van der Waals surface area contributed by atoms with E-state index in [1.807, 2.05) is 30.3 Å². The highest BCUT2D eigenvalue weighted by Crippen LogP contribution is 2.25. The Kier molecular flexibility index (Phi) is 2.33. The summed E-state index contributed by atoms with van der Waals surface area (Å²) in [5.74, 6) is 0.547. The van der Waals surface area contributed by atoms with Crippen molar-refractivity contribution in [1.29, 1.82) is 0 Å². The zero-order chi connectivity index (χ0) is 11.8. The Morgan fingerprint density at radius 2 is 1.94 bits per heavy atom. The van der Waals surface area contributed by atoms with Crippen LogP contribution in [0.4, 0.5) is 5.69 Å². The molecule has 2 aromatic heterocycles. The van der Waals surface area contributed by atoms with E-state index < -0.39 is 0 Å². The summed E-state index contributed by atoms with van der Waals surface area (Å²) < 4.78 is 6.50. The number of anilines is 1. The van der Waals surface area contributed by atoms with Gasteiger partial charge in [0.1, 0.15) is 0 Å². The van der Waals surface area contributed by atoms with Crippen molar-refractivity contribution in [1.82, 2.24) is 9.97 Å². The van der Waals surface area contributed by atoms with Crippen LogP contribution in [-0.2, 0) is 0 Å². The third-order valence-electron chi connectivity index (χ3n) is 2.37. The number of halogens is 1. The second-order valence-corrected chi connectivity index (χ2v) is 4.53. The maximum Gasteiger partial charge on any atom is 0.228 e. The standard InChI is InChI=1S/C12H8BrN3O/c13-8-5-10-11(15-6-8)16-12(17-10)7-1-3-9(14)4-2-7/h1-6H,14H2. The summed E-state index contributed by atoms with van der Waals surface area (Å²) in [5.41, 5.74) is 8.48. The normalized spacial score (nSPS) is 10.9. The lowest BCUT2D eigenvalue weighted by Crippen LogP contribution is -1.83. The van der Waals surface area contributed by atoms with Gasteiger partial charge >= 0.3 is 0 Å². The highest BCUT2D eigenvalue weighted by atomic mass is 79.9. The number of hydrogen-bond donors (Lipinski definition) is 1. The highest BCUT2D eigenvalue weighted by Gasteiger charge is 2.09. The molecule has 1 aromatic carbocycles. The van der Waals surface area contributed by atoms with E-state index in [1.165, 1.54) is 0 Å². The average Bonchev–Trinajstić information content (AvgIpc) is 2.72. The largest absolute Gasteiger partial charge is 0.434 e. The number of nitrogens with two attached hydrogens (primary N) is 1. The molecule has 17 heavy (non-hydrogen) atoms. The second kappa shape index (κ2) is 3.85. The highest BCUT2D eigenvalue weighted by molar-refractivity contribution is 9.10. The first kappa shape index (κ1) is 10.3. The molecule has 3 rings (SSSR count). The zero-order valence-corrected chi connectivity index (χ0v) is 10.3. The van der Waals surface area contributed by atoms with Crippen molar-refractivity contribution < 1.29 is 4.42 Å². The van der Waals surface area contributed by atoms with E-state index in [0.717, 1.165) is 10.0 Å². The number of oxazole rings is 1. The summed E-state index contributed by atoms with van der Waals surface area (Å²) in [6.07, 6.45) is 1.69. The van der Waals surface area contributed by atoms with Gasteiger partial charge in [-0.1, -0.05) is 0 Å². The molecule has 0 saturated carbocycles. The molecular weight excluding hydrogens is 282 g/mol. The molecule has 0 spiro atoms. The minimum Gasteiger partial charge on any atom is -0.434 e. The maximum atomic E-state index is 5.63. The summed E-state index contributed by atoms with van der Waals surface area (Å²) >= 11 is 3.34. The number of benzene rings is 1. The molecule has 0 aliphatic rings. The van der Waals surface area contributed by atoms with Crippen LogP contribution < -0.4 is 5.73 Å². The zero-order valence-electron chi connectivity index (χ0n) is 8.72. The van der Waals surface area contributed by atoms with Crippen LogP contribution in [0.25, 0.3) is 22.7 Å². The summed E-state index contributed by atoms with van der Waals surface area (Å²) in [7, 11) is 0. The van der Waals surface area contributed by atoms with Crippen LogP contribution in [-0.4, -0.2) is 9.97 Å². The van der Waals surface area contributed by atoms with Crippen LogP contribution >= 0.6 is 15.9 Å². The van der Waals surface area contributed by atoms with Crippen molar-refractivity contribution in [2.75, 3.05) is 5.73 Å². The number of fused-ring (bicyclic) bond motifs is 1. The van der Waals surface area contributed by atoms with E-state index in [9.17, 15) is 0 Å². The van der Waals surface area contributed by atoms with E-state index in [4.69, 9.17) is 10.2 Å². The van der Waals surface area contributed by atoms with Crippen molar-refractivity contribution >= 4 is 32.8 Å². The molecule has 0 unspecified atom stereocenters. The average molecular weight is 290 g/mol. The topological polar surface area (TPSA) is 64.9 Å². The molecule has 5 heteroatoms. The number of aromatic nitrogens is 2. The van der Waals surface area contributed by atoms with E-state index in [2.05, 4.69) is 25.9 Å². The third kappa shape index (κ3) is 1.89. The predicted octanol–water partition coefficient (Wildman–Crippen LogP) is 3.23. The van der Waals surface area contributed by atoms with Gasteiger partial charge in [-0.25, -0.2) is 4.98 Å². The molecule has 0 aliphatic carbocycles. The minimum absolute atomic E-state index is 0.547. The molecule has 3 aromatic rings. The van der Waals surface area contributed by atoms with Crippen LogP contribution in [0.2, 0.25) is 0 Å². The lowest BCUT2D eigenvalue weighted by molar-refractivity contribution is 0.619. The Bertz CT molecular complexity index is 676. The molecular formula is C12H8BrN3O. The van der Waals surface area contributed by atoms with Gasteiger partial charge in [0.15, 0.2) is 11.2 Å². The SMILES string of the molecule is Nc1ccc(-c2nc3ncc(Br)cc3o2)cc1. The number of rotatable bonds is 1. The molecule has 0 saturated heterocycles. The summed E-state index contributed by atoms with van der Waals surface area (Å²) in [4.78, 5) is 8.48. The van der Waals surface area contributed by atoms with E-state index in [-0.39, 0.29) is 0 Å². The van der Waals surface area contributed by atoms with Gasteiger partial charge in [-0.3, -0.25) is 0 Å². The quantitative estimate of drug-likeness (QED) is 0.699. The van der Waals surface area contributed by atoms with Crippen LogP contribution in [0.5, 0.6) is 0 Å². The smallest absolute Gasteiger partial charge is 0.228 e. The molecule has 0 fully saturated rings. The molecule has 84 valence electrons. The third-order valence-corrected chi connectivity index (χ3v) is 2.80. The fourth-order valence-corrected chi connectivity index (χ4v) is 1.86. The van der Waals surface area contributed by atoms with Crippen molar-refractivity contribution in [3.63, 3.8) is 0 Å². The lowest BCUT2D eigenvalue weighted by atomic mass is 10.2. The van der Waals surface area contributed by atoms with Crippen molar-refractivity contribution in [3.8, 4) is 11.5 Å². The lowest BCUT2D eigenvalue weighted by Gasteiger charge is -1.95. The summed E-state index contributed by atoms with van der Waals surface area (Å²) in [6.45, 7) is 0. The van der Waals surface area contributed by atoms with Crippen LogP contribution in [0.1, 0.15) is 0 Å². The first-order valence-corrected chi connectivity index (χ1v) is 5.80. The van der Waals surface area contributed by atoms with Crippen molar-refractivity contribution in [2.45, 2.75) is 0 Å². The van der Waals surface area contributed by atoms with Gasteiger partial charge in [-0.05, 0) is 40.2 Å². The predicted molar refractivity (Wildman–Crippen MR) is 69.4 cm³/mol. The summed E-state index contributed by atoms with van der Waals surface area (Å²) in [6, 6.07) is 9.21. The molecule has 0 aliphatic heterocycles. The molecule has 4 nitrogen and oxygen atoms in total. The van der Waals surface area contributed by atoms with Gasteiger partial charge in [-0.15, -0.1) is 0 Å². The fourth-order valence-electron chi connectivity index (χ4n) is 1.54. The Morgan fingerprint density at radius 3 is 2.71 bits per heavy atom. The number of nitrogen functional groups attached to an aromatic ring is 1. The molecule has 0 radical (unpaired) electrons. The van der Waals surface area contributed by atoms with E-state index in [1.54, 1.807) is 6.20 Å². The van der Waals surface area contributed by atoms with E-state index in [0.29, 0.717) is 22.8 Å². The van der Waals surface area contributed by atoms with Crippen molar-refractivity contribution in [3.05, 3.63) is 41.0 Å². The molecule has 0 atom stereocenters. The van der Waals surface area contributed by atoms with E-state index >= 15 is 0 Å². The van der Waals surface area contributed by atoms with Gasteiger partial charge in [0.2, 0.25) is 5.89 Å². The Labute approximate surface area is 106 Å². The molecule has 2 heterocycles. The molecule has 2 N–H and O–H groups in total. The van der Waals surface area contributed by atoms with Gasteiger partial charge in [0.25, 0.3) is 0 Å². The maximum absolute atomic E-state index is 5.63. The summed E-state index contributed by atoms with van der Waals surface area (Å²) in [5, 5.41) is 0. The van der Waals surface area contributed by atoms with Crippen molar-refractivity contribution in [2.24, 2.45) is 0 Å². The monoisotopic (exact) mass is 289 g/mol. The van der Waals surface area contributed by atoms with Gasteiger partial charge in [0.05, 0.1) is 0 Å². The Hall–Kier alpha value is -1.88.